The van der Waals surface area contributed by atoms with Crippen LogP contribution in [0.5, 0.6) is 11.5 Å². The lowest BCUT2D eigenvalue weighted by atomic mass is 9.93. The average Bonchev–Trinajstić information content (AvgIpc) is 3.13. The summed E-state index contributed by atoms with van der Waals surface area (Å²) in [6.45, 7) is 8.10. The van der Waals surface area contributed by atoms with Gasteiger partial charge in [0.05, 0.1) is 20.3 Å². The van der Waals surface area contributed by atoms with Crippen molar-refractivity contribution in [2.45, 2.75) is 19.9 Å². The number of amides is 1. The molecule has 0 aliphatic carbocycles. The number of carbonyl (C=O) groups is 1. The molecule has 6 nitrogen and oxygen atoms in total. The van der Waals surface area contributed by atoms with Crippen LogP contribution in [-0.4, -0.2) is 63.2 Å². The second-order valence-electron chi connectivity index (χ2n) is 8.70. The fraction of sp³-hybridized carbons (Fsp3) is 0.370. The Kier molecular flexibility index (Phi) is 7.56. The number of methoxy groups -OCH3 is 2. The molecule has 180 valence electrons. The predicted molar refractivity (Wildman–Crippen MR) is 139 cm³/mol. The fourth-order valence-electron chi connectivity index (χ4n) is 4.49. The lowest BCUT2D eigenvalue weighted by Crippen LogP contribution is -2.46. The van der Waals surface area contributed by atoms with Crippen LogP contribution in [0.2, 0.25) is 0 Å². The van der Waals surface area contributed by atoms with Gasteiger partial charge in [-0.05, 0) is 50.7 Å². The number of nitrogens with one attached hydrogen (secondary N) is 1. The summed E-state index contributed by atoms with van der Waals surface area (Å²) < 4.78 is 11.3. The average molecular weight is 480 g/mol. The number of benzene rings is 2. The van der Waals surface area contributed by atoms with Gasteiger partial charge in [-0.25, -0.2) is 0 Å². The molecular formula is C27H33N3O3S. The number of nitrogens with zero attached hydrogens (tertiary/aromatic N) is 2. The minimum atomic E-state index is -0.0954. The second kappa shape index (κ2) is 10.6. The van der Waals surface area contributed by atoms with Crippen molar-refractivity contribution in [2.75, 3.05) is 52.8 Å². The number of hydrogen-bond donors (Lipinski definition) is 1. The van der Waals surface area contributed by atoms with Crippen LogP contribution in [0, 0.1) is 13.8 Å². The molecule has 1 aliphatic rings. The Bertz CT molecular complexity index is 1140. The Hall–Kier alpha value is -2.87. The molecule has 1 unspecified atom stereocenters. The lowest BCUT2D eigenvalue weighted by molar-refractivity contribution is 0.102. The number of aryl methyl sites for hydroxylation is 1. The third-order valence-electron chi connectivity index (χ3n) is 6.61. The number of likely N-dealkylation sites (N-methyl/N-ethyl adjacent to an activating group) is 1. The van der Waals surface area contributed by atoms with Crippen LogP contribution < -0.4 is 14.8 Å². The molecule has 1 aliphatic heterocycles. The van der Waals surface area contributed by atoms with Crippen molar-refractivity contribution >= 4 is 22.2 Å². The number of carbonyl (C=O) groups excluding carboxylic acids is 1. The number of hydrogen-bond acceptors (Lipinski definition) is 6. The van der Waals surface area contributed by atoms with Gasteiger partial charge in [0.25, 0.3) is 5.91 Å². The van der Waals surface area contributed by atoms with Gasteiger partial charge in [0.1, 0.15) is 16.5 Å². The zero-order valence-corrected chi connectivity index (χ0v) is 21.4. The van der Waals surface area contributed by atoms with Crippen molar-refractivity contribution in [3.63, 3.8) is 0 Å². The number of thiophene rings is 1. The Morgan fingerprint density at radius 1 is 1.00 bits per heavy atom. The van der Waals surface area contributed by atoms with Crippen LogP contribution >= 0.6 is 11.3 Å². The van der Waals surface area contributed by atoms with E-state index in [4.69, 9.17) is 9.47 Å². The zero-order chi connectivity index (χ0) is 24.2. The maximum Gasteiger partial charge on any atom is 0.256 e. The van der Waals surface area contributed by atoms with Crippen LogP contribution in [0.3, 0.4) is 0 Å². The molecule has 2 aromatic carbocycles. The van der Waals surface area contributed by atoms with Gasteiger partial charge >= 0.3 is 0 Å². The molecule has 1 aromatic heterocycles. The Morgan fingerprint density at radius 3 is 2.35 bits per heavy atom. The SMILES string of the molecule is COc1ccc(C(c2c(NC(=O)c3ccccc3)sc(C)c2C)N2CCN(C)CC2)c(OC)c1. The van der Waals surface area contributed by atoms with E-state index in [0.29, 0.717) is 5.56 Å². The van der Waals surface area contributed by atoms with Crippen molar-refractivity contribution < 1.29 is 14.3 Å². The highest BCUT2D eigenvalue weighted by Crippen LogP contribution is 2.45. The summed E-state index contributed by atoms with van der Waals surface area (Å²) in [5.41, 5.74) is 4.06. The highest BCUT2D eigenvalue weighted by atomic mass is 32.1. The standard InChI is InChI=1S/C27H33N3O3S/c1-18-19(2)34-27(28-26(31)20-9-7-6-8-10-20)24(18)25(30-15-13-29(3)14-16-30)22-12-11-21(32-4)17-23(22)33-5/h6-12,17,25H,13-16H2,1-5H3,(H,28,31). The maximum absolute atomic E-state index is 13.1. The van der Waals surface area contributed by atoms with Gasteiger partial charge in [0.2, 0.25) is 0 Å². The van der Waals surface area contributed by atoms with Gasteiger partial charge in [0.15, 0.2) is 0 Å². The number of rotatable bonds is 7. The quantitative estimate of drug-likeness (QED) is 0.519. The number of ether oxygens (including phenoxy) is 2. The highest BCUT2D eigenvalue weighted by molar-refractivity contribution is 7.16. The van der Waals surface area contributed by atoms with Crippen molar-refractivity contribution in [1.82, 2.24) is 9.80 Å². The van der Waals surface area contributed by atoms with E-state index in [-0.39, 0.29) is 11.9 Å². The molecule has 7 heteroatoms. The highest BCUT2D eigenvalue weighted by Gasteiger charge is 2.33. The smallest absolute Gasteiger partial charge is 0.256 e. The Labute approximate surface area is 206 Å². The van der Waals surface area contributed by atoms with E-state index in [1.165, 1.54) is 10.4 Å². The molecule has 0 spiro atoms. The molecule has 0 saturated carbocycles. The third kappa shape index (κ3) is 4.97. The van der Waals surface area contributed by atoms with Crippen LogP contribution in [0.15, 0.2) is 48.5 Å². The molecule has 1 saturated heterocycles. The molecule has 34 heavy (non-hydrogen) atoms. The van der Waals surface area contributed by atoms with E-state index in [9.17, 15) is 4.79 Å². The third-order valence-corrected chi connectivity index (χ3v) is 7.75. The van der Waals surface area contributed by atoms with E-state index in [0.717, 1.165) is 53.8 Å². The molecule has 1 fully saturated rings. The molecule has 1 amide bonds. The first-order valence-electron chi connectivity index (χ1n) is 11.5. The van der Waals surface area contributed by atoms with E-state index >= 15 is 0 Å². The number of piperazine rings is 1. The molecule has 0 radical (unpaired) electrons. The maximum atomic E-state index is 13.1. The van der Waals surface area contributed by atoms with Crippen LogP contribution in [0.4, 0.5) is 5.00 Å². The molecule has 3 aromatic rings. The molecule has 1 atom stereocenters. The van der Waals surface area contributed by atoms with E-state index in [2.05, 4.69) is 42.1 Å². The summed E-state index contributed by atoms with van der Waals surface area (Å²) in [6, 6.07) is 15.3. The Morgan fingerprint density at radius 2 is 1.71 bits per heavy atom. The summed E-state index contributed by atoms with van der Waals surface area (Å²) in [7, 11) is 5.52. The second-order valence-corrected chi connectivity index (χ2v) is 9.92. The molecule has 1 N–H and O–H groups in total. The largest absolute Gasteiger partial charge is 0.497 e. The van der Waals surface area contributed by atoms with Gasteiger partial charge in [0, 0.05) is 53.8 Å². The first-order valence-corrected chi connectivity index (χ1v) is 12.4. The minimum Gasteiger partial charge on any atom is -0.497 e. The van der Waals surface area contributed by atoms with Crippen molar-refractivity contribution in [1.29, 1.82) is 0 Å². The summed E-state index contributed by atoms with van der Waals surface area (Å²) in [4.78, 5) is 19.2. The van der Waals surface area contributed by atoms with Crippen LogP contribution in [-0.2, 0) is 0 Å². The van der Waals surface area contributed by atoms with Gasteiger partial charge in [-0.1, -0.05) is 18.2 Å². The fourth-order valence-corrected chi connectivity index (χ4v) is 5.58. The topological polar surface area (TPSA) is 54.0 Å². The van der Waals surface area contributed by atoms with Gasteiger partial charge in [-0.3, -0.25) is 9.69 Å². The minimum absolute atomic E-state index is 0.0504. The van der Waals surface area contributed by atoms with Gasteiger partial charge in [-0.15, -0.1) is 11.3 Å². The van der Waals surface area contributed by atoms with Crippen molar-refractivity contribution in [2.24, 2.45) is 0 Å². The van der Waals surface area contributed by atoms with Gasteiger partial charge in [-0.2, -0.15) is 0 Å². The van der Waals surface area contributed by atoms with Crippen LogP contribution in [0.25, 0.3) is 0 Å². The van der Waals surface area contributed by atoms with Crippen LogP contribution in [0.1, 0.15) is 38.0 Å². The summed E-state index contributed by atoms with van der Waals surface area (Å²) >= 11 is 1.64. The first-order chi connectivity index (χ1) is 16.4. The van der Waals surface area contributed by atoms with Crippen molar-refractivity contribution in [3.8, 4) is 11.5 Å². The van der Waals surface area contributed by atoms with E-state index < -0.39 is 0 Å². The predicted octanol–water partition coefficient (Wildman–Crippen LogP) is 4.97. The summed E-state index contributed by atoms with van der Waals surface area (Å²) in [5.74, 6) is 1.45. The van der Waals surface area contributed by atoms with E-state index in [1.54, 1.807) is 25.6 Å². The normalized spacial score (nSPS) is 15.7. The lowest BCUT2D eigenvalue weighted by Gasteiger charge is -2.39. The Balaban J connectivity index is 1.81. The monoisotopic (exact) mass is 479 g/mol. The summed E-state index contributed by atoms with van der Waals surface area (Å²) in [6.07, 6.45) is 0. The molecule has 4 rings (SSSR count). The first kappa shape index (κ1) is 24.3. The molecule has 0 bridgehead atoms. The summed E-state index contributed by atoms with van der Waals surface area (Å²) in [5, 5.41) is 4.12. The molecular weight excluding hydrogens is 446 g/mol. The number of anilines is 1. The van der Waals surface area contributed by atoms with E-state index in [1.807, 2.05) is 42.5 Å². The van der Waals surface area contributed by atoms with Crippen molar-refractivity contribution in [3.05, 3.63) is 75.7 Å². The zero-order valence-electron chi connectivity index (χ0n) is 20.6. The van der Waals surface area contributed by atoms with Gasteiger partial charge < -0.3 is 19.7 Å². The molecule has 2 heterocycles.